The van der Waals surface area contributed by atoms with Crippen molar-refractivity contribution in [3.8, 4) is 12.1 Å². The number of benzene rings is 1. The maximum Gasteiger partial charge on any atom is 0.318 e. The number of ether oxygens (including phenoxy) is 1. The lowest BCUT2D eigenvalue weighted by Gasteiger charge is -2.42. The molecular weight excluding hydrogens is 536 g/mol. The quantitative estimate of drug-likeness (QED) is 0.485. The average molecular weight is 573 g/mol. The van der Waals surface area contributed by atoms with E-state index in [4.69, 9.17) is 26.3 Å². The third-order valence-corrected chi connectivity index (χ3v) is 10.8. The lowest BCUT2D eigenvalue weighted by atomic mass is 9.69. The van der Waals surface area contributed by atoms with Crippen LogP contribution >= 0.6 is 11.6 Å². The van der Waals surface area contributed by atoms with Gasteiger partial charge in [-0.2, -0.15) is 15.2 Å². The number of piperidine rings is 1. The molecular formula is C32H37ClN6O2. The molecule has 9 heteroatoms. The van der Waals surface area contributed by atoms with Crippen molar-refractivity contribution >= 4 is 23.3 Å². The van der Waals surface area contributed by atoms with Crippen molar-refractivity contribution in [2.75, 3.05) is 44.7 Å². The number of amides is 1. The number of rotatable bonds is 6. The Morgan fingerprint density at radius 3 is 2.83 bits per heavy atom. The predicted molar refractivity (Wildman–Crippen MR) is 157 cm³/mol. The van der Waals surface area contributed by atoms with Gasteiger partial charge in [-0.3, -0.25) is 9.69 Å². The summed E-state index contributed by atoms with van der Waals surface area (Å²) >= 11 is 6.63. The lowest BCUT2D eigenvalue weighted by molar-refractivity contribution is -0.128. The van der Waals surface area contributed by atoms with Gasteiger partial charge in [0.15, 0.2) is 0 Å². The predicted octanol–water partition coefficient (Wildman–Crippen LogP) is 3.95. The van der Waals surface area contributed by atoms with Gasteiger partial charge >= 0.3 is 6.01 Å². The average Bonchev–Trinajstić information content (AvgIpc) is 3.53. The maximum atomic E-state index is 12.5. The molecule has 0 bridgehead atoms. The molecule has 5 atom stereocenters. The van der Waals surface area contributed by atoms with Crippen LogP contribution in [-0.2, 0) is 29.5 Å². The summed E-state index contributed by atoms with van der Waals surface area (Å²) in [5.41, 5.74) is 4.93. The zero-order chi connectivity index (χ0) is 28.3. The Labute approximate surface area is 246 Å². The second-order valence-corrected chi connectivity index (χ2v) is 13.1. The minimum absolute atomic E-state index is 0.0292. The fourth-order valence-electron chi connectivity index (χ4n) is 8.18. The van der Waals surface area contributed by atoms with E-state index in [1.54, 1.807) is 4.90 Å². The van der Waals surface area contributed by atoms with E-state index in [9.17, 15) is 10.1 Å². The molecule has 41 heavy (non-hydrogen) atoms. The minimum Gasteiger partial charge on any atom is -0.462 e. The van der Waals surface area contributed by atoms with Crippen LogP contribution in [0.4, 0.5) is 5.82 Å². The summed E-state index contributed by atoms with van der Waals surface area (Å²) in [6.45, 7) is 7.12. The summed E-state index contributed by atoms with van der Waals surface area (Å²) in [5, 5.41) is 10.4. The molecule has 0 unspecified atom stereocenters. The molecule has 2 aromatic rings. The highest BCUT2D eigenvalue weighted by atomic mass is 35.5. The van der Waals surface area contributed by atoms with Crippen molar-refractivity contribution in [3.63, 3.8) is 0 Å². The number of carbonyl (C=O) groups excluding carboxylic acids is 1. The second-order valence-electron chi connectivity index (χ2n) is 12.7. The largest absolute Gasteiger partial charge is 0.462 e. The SMILES string of the molecule is C=CC(=O)N1CCN(c2nc(OC[C@@H]3[C@@H]4C[C@@H]4CN3C)nc3c2CC[C@@]2(CCc4c(Cl)cccc42)C3)C[C@@H]1CC#N. The van der Waals surface area contributed by atoms with Gasteiger partial charge in [0.25, 0.3) is 0 Å². The maximum absolute atomic E-state index is 12.5. The van der Waals surface area contributed by atoms with Gasteiger partial charge in [0.2, 0.25) is 5.91 Å². The number of nitriles is 1. The summed E-state index contributed by atoms with van der Waals surface area (Å²) in [4.78, 5) is 29.1. The van der Waals surface area contributed by atoms with Crippen molar-refractivity contribution < 1.29 is 9.53 Å². The van der Waals surface area contributed by atoms with E-state index in [2.05, 4.69) is 41.6 Å². The number of nitrogens with zero attached hydrogens (tertiary/aromatic N) is 6. The summed E-state index contributed by atoms with van der Waals surface area (Å²) in [5.74, 6) is 2.32. The van der Waals surface area contributed by atoms with E-state index in [0.717, 1.165) is 67.0 Å². The molecule has 214 valence electrons. The molecule has 1 aromatic carbocycles. The Bertz CT molecular complexity index is 1440. The molecule has 8 nitrogen and oxygen atoms in total. The van der Waals surface area contributed by atoms with E-state index in [0.29, 0.717) is 38.3 Å². The van der Waals surface area contributed by atoms with Gasteiger partial charge in [-0.15, -0.1) is 0 Å². The monoisotopic (exact) mass is 572 g/mol. The topological polar surface area (TPSA) is 85.6 Å². The molecule has 7 rings (SSSR count). The van der Waals surface area contributed by atoms with Crippen LogP contribution < -0.4 is 9.64 Å². The first kappa shape index (κ1) is 26.7. The van der Waals surface area contributed by atoms with Gasteiger partial charge in [-0.25, -0.2) is 0 Å². The third kappa shape index (κ3) is 4.58. The number of hydrogen-bond donors (Lipinski definition) is 0. The molecule has 5 aliphatic rings. The highest BCUT2D eigenvalue weighted by molar-refractivity contribution is 6.31. The highest BCUT2D eigenvalue weighted by Crippen LogP contribution is 2.51. The summed E-state index contributed by atoms with van der Waals surface area (Å²) in [7, 11) is 2.19. The number of halogens is 1. The fraction of sp³-hybridized carbons (Fsp3) is 0.562. The van der Waals surface area contributed by atoms with E-state index < -0.39 is 0 Å². The molecule has 1 spiro atoms. The van der Waals surface area contributed by atoms with E-state index >= 15 is 0 Å². The molecule has 1 amide bonds. The molecule has 1 aromatic heterocycles. The van der Waals surface area contributed by atoms with Gasteiger partial charge in [0.1, 0.15) is 12.4 Å². The van der Waals surface area contributed by atoms with Crippen molar-refractivity contribution in [2.24, 2.45) is 11.8 Å². The van der Waals surface area contributed by atoms with Crippen molar-refractivity contribution in [2.45, 2.75) is 62.4 Å². The Balaban J connectivity index is 1.22. The molecule has 2 aliphatic heterocycles. The lowest BCUT2D eigenvalue weighted by Crippen LogP contribution is -2.55. The summed E-state index contributed by atoms with van der Waals surface area (Å²) in [6.07, 6.45) is 7.72. The van der Waals surface area contributed by atoms with Crippen LogP contribution in [0.25, 0.3) is 0 Å². The number of fused-ring (bicyclic) bond motifs is 4. The second kappa shape index (κ2) is 10.3. The van der Waals surface area contributed by atoms with E-state index in [1.165, 1.54) is 29.2 Å². The van der Waals surface area contributed by atoms with Crippen LogP contribution in [0.1, 0.15) is 48.1 Å². The Morgan fingerprint density at radius 1 is 1.24 bits per heavy atom. The number of carbonyl (C=O) groups is 1. The molecule has 3 fully saturated rings. The van der Waals surface area contributed by atoms with Gasteiger partial charge in [-0.1, -0.05) is 30.3 Å². The number of likely N-dealkylation sites (tertiary alicyclic amines) is 1. The molecule has 2 saturated heterocycles. The van der Waals surface area contributed by atoms with Crippen molar-refractivity contribution in [1.82, 2.24) is 19.8 Å². The van der Waals surface area contributed by atoms with Crippen molar-refractivity contribution in [1.29, 1.82) is 5.26 Å². The van der Waals surface area contributed by atoms with Crippen LogP contribution in [0.3, 0.4) is 0 Å². The van der Waals surface area contributed by atoms with Crippen LogP contribution in [0.2, 0.25) is 5.02 Å². The van der Waals surface area contributed by atoms with Crippen LogP contribution in [0.15, 0.2) is 30.9 Å². The first-order valence-electron chi connectivity index (χ1n) is 15.0. The first-order chi connectivity index (χ1) is 19.9. The van der Waals surface area contributed by atoms with Gasteiger partial charge < -0.3 is 14.5 Å². The Morgan fingerprint density at radius 2 is 2.07 bits per heavy atom. The summed E-state index contributed by atoms with van der Waals surface area (Å²) in [6, 6.07) is 9.24. The fourth-order valence-corrected chi connectivity index (χ4v) is 8.45. The number of likely N-dealkylation sites (N-methyl/N-ethyl adjacent to an activating group) is 1. The number of hydrogen-bond acceptors (Lipinski definition) is 7. The molecule has 3 aliphatic carbocycles. The Hall–Kier alpha value is -3.15. The first-order valence-corrected chi connectivity index (χ1v) is 15.3. The van der Waals surface area contributed by atoms with Gasteiger partial charge in [0, 0.05) is 48.2 Å². The van der Waals surface area contributed by atoms with Gasteiger partial charge in [-0.05, 0) is 80.7 Å². The van der Waals surface area contributed by atoms with Crippen LogP contribution in [0.5, 0.6) is 6.01 Å². The minimum atomic E-state index is -0.216. The number of anilines is 1. The number of aromatic nitrogens is 2. The zero-order valence-electron chi connectivity index (χ0n) is 23.7. The Kier molecular flexibility index (Phi) is 6.71. The smallest absolute Gasteiger partial charge is 0.318 e. The molecule has 1 saturated carbocycles. The van der Waals surface area contributed by atoms with Crippen LogP contribution in [-0.4, -0.2) is 77.6 Å². The third-order valence-electron chi connectivity index (χ3n) is 10.5. The van der Waals surface area contributed by atoms with E-state index in [-0.39, 0.29) is 23.8 Å². The standard InChI is InChI=1S/C32H37ClN6O2/c1-3-29(40)39-14-13-38(18-21(39)9-12-34)30-23-8-11-32(10-7-22-25(32)5-4-6-26(22)33)16-27(23)35-31(36-30)41-19-28-24-15-20(24)17-37(28)2/h3-6,20-21,24,28H,1,7-11,13-19H2,2H3/t20-,21+,24-,28-,32+/m1/s1. The molecule has 0 N–H and O–H groups in total. The normalized spacial score (nSPS) is 30.0. The molecule has 0 radical (unpaired) electrons. The number of piperazine rings is 1. The summed E-state index contributed by atoms with van der Waals surface area (Å²) < 4.78 is 6.40. The highest BCUT2D eigenvalue weighted by Gasteiger charge is 2.51. The van der Waals surface area contributed by atoms with Gasteiger partial charge in [0.05, 0.1) is 24.2 Å². The zero-order valence-corrected chi connectivity index (χ0v) is 24.4. The van der Waals surface area contributed by atoms with Crippen molar-refractivity contribution in [3.05, 3.63) is 58.3 Å². The van der Waals surface area contributed by atoms with Crippen LogP contribution in [0, 0.1) is 23.2 Å². The molecule has 3 heterocycles. The van der Waals surface area contributed by atoms with E-state index in [1.807, 2.05) is 6.07 Å².